The number of sulfonamides is 1. The molecule has 1 heterocycles. The second kappa shape index (κ2) is 9.32. The van der Waals surface area contributed by atoms with Crippen molar-refractivity contribution in [3.8, 4) is 0 Å². The van der Waals surface area contributed by atoms with Gasteiger partial charge in [-0.05, 0) is 35.9 Å². The van der Waals surface area contributed by atoms with E-state index in [1.807, 2.05) is 30.3 Å². The fourth-order valence-electron chi connectivity index (χ4n) is 3.53. The molecule has 6 nitrogen and oxygen atoms in total. The number of benzene rings is 3. The quantitative estimate of drug-likeness (QED) is 0.593. The van der Waals surface area contributed by atoms with Crippen molar-refractivity contribution in [1.82, 2.24) is 4.90 Å². The van der Waals surface area contributed by atoms with Crippen molar-refractivity contribution in [2.75, 3.05) is 30.6 Å². The van der Waals surface area contributed by atoms with Gasteiger partial charge in [0.25, 0.3) is 15.9 Å². The van der Waals surface area contributed by atoms with Crippen molar-refractivity contribution < 1.29 is 17.9 Å². The molecule has 1 aliphatic rings. The molecule has 3 aromatic rings. The number of hydrogen-bond donors (Lipinski definition) is 0. The predicted octanol–water partition coefficient (Wildman–Crippen LogP) is 3.55. The number of hydrogen-bond acceptors (Lipinski definition) is 4. The largest absolute Gasteiger partial charge is 0.378 e. The first-order valence-corrected chi connectivity index (χ1v) is 11.6. The van der Waals surface area contributed by atoms with Gasteiger partial charge in [-0.3, -0.25) is 9.10 Å². The summed E-state index contributed by atoms with van der Waals surface area (Å²) < 4.78 is 33.7. The summed E-state index contributed by atoms with van der Waals surface area (Å²) in [7, 11) is -3.83. The zero-order valence-corrected chi connectivity index (χ0v) is 17.9. The molecule has 160 valence electrons. The van der Waals surface area contributed by atoms with Gasteiger partial charge >= 0.3 is 0 Å². The molecule has 1 amide bonds. The van der Waals surface area contributed by atoms with Crippen molar-refractivity contribution in [3.05, 3.63) is 96.1 Å². The van der Waals surface area contributed by atoms with Crippen LogP contribution in [0.2, 0.25) is 0 Å². The third-order valence-corrected chi connectivity index (χ3v) is 6.97. The summed E-state index contributed by atoms with van der Waals surface area (Å²) in [5, 5.41) is 0. The highest BCUT2D eigenvalue weighted by Gasteiger charge is 2.26. The van der Waals surface area contributed by atoms with Crippen molar-refractivity contribution in [1.29, 1.82) is 0 Å². The van der Waals surface area contributed by atoms with Crippen LogP contribution in [0.3, 0.4) is 0 Å². The third-order valence-electron chi connectivity index (χ3n) is 5.18. The Kier molecular flexibility index (Phi) is 6.34. The minimum Gasteiger partial charge on any atom is -0.378 e. The number of carbonyl (C=O) groups is 1. The highest BCUT2D eigenvalue weighted by molar-refractivity contribution is 7.92. The van der Waals surface area contributed by atoms with E-state index in [1.165, 1.54) is 4.31 Å². The van der Waals surface area contributed by atoms with Gasteiger partial charge in [0.2, 0.25) is 0 Å². The Bertz CT molecular complexity index is 1130. The number of amides is 1. The van der Waals surface area contributed by atoms with Gasteiger partial charge in [-0.1, -0.05) is 54.6 Å². The molecule has 3 aromatic carbocycles. The highest BCUT2D eigenvalue weighted by atomic mass is 32.2. The Morgan fingerprint density at radius 3 is 2.19 bits per heavy atom. The second-order valence-electron chi connectivity index (χ2n) is 7.27. The smallest absolute Gasteiger partial charge is 0.264 e. The summed E-state index contributed by atoms with van der Waals surface area (Å²) in [5.74, 6) is -0.123. The van der Waals surface area contributed by atoms with Crippen LogP contribution in [0.25, 0.3) is 0 Å². The monoisotopic (exact) mass is 436 g/mol. The molecule has 0 aliphatic carbocycles. The van der Waals surface area contributed by atoms with E-state index in [4.69, 9.17) is 4.74 Å². The molecule has 1 aliphatic heterocycles. The summed E-state index contributed by atoms with van der Waals surface area (Å²) >= 11 is 0. The van der Waals surface area contributed by atoms with Crippen LogP contribution >= 0.6 is 0 Å². The van der Waals surface area contributed by atoms with Gasteiger partial charge in [-0.25, -0.2) is 8.42 Å². The van der Waals surface area contributed by atoms with Gasteiger partial charge in [0.1, 0.15) is 0 Å². The molecule has 31 heavy (non-hydrogen) atoms. The first-order chi connectivity index (χ1) is 15.1. The molecule has 0 atom stereocenters. The van der Waals surface area contributed by atoms with Crippen molar-refractivity contribution >= 4 is 21.6 Å². The number of rotatable bonds is 6. The molecule has 1 fully saturated rings. The predicted molar refractivity (Wildman–Crippen MR) is 119 cm³/mol. The maximum absolute atomic E-state index is 13.5. The number of anilines is 1. The normalized spacial score (nSPS) is 14.3. The Labute approximate surface area is 182 Å². The van der Waals surface area contributed by atoms with Gasteiger partial charge in [0.05, 0.1) is 30.3 Å². The number of carbonyl (C=O) groups excluding carboxylic acids is 1. The lowest BCUT2D eigenvalue weighted by Crippen LogP contribution is -2.40. The van der Waals surface area contributed by atoms with Crippen LogP contribution in [0.1, 0.15) is 15.9 Å². The average Bonchev–Trinajstić information content (AvgIpc) is 2.84. The van der Waals surface area contributed by atoms with E-state index < -0.39 is 10.0 Å². The minimum absolute atomic E-state index is 0.123. The maximum atomic E-state index is 13.5. The summed E-state index contributed by atoms with van der Waals surface area (Å²) in [6, 6.07) is 24.6. The number of nitrogens with zero attached hydrogens (tertiary/aromatic N) is 2. The van der Waals surface area contributed by atoms with E-state index >= 15 is 0 Å². The van der Waals surface area contributed by atoms with E-state index in [1.54, 1.807) is 59.5 Å². The van der Waals surface area contributed by atoms with Crippen LogP contribution in [0.15, 0.2) is 89.8 Å². The van der Waals surface area contributed by atoms with Gasteiger partial charge < -0.3 is 9.64 Å². The molecular weight excluding hydrogens is 412 g/mol. The fraction of sp³-hybridized carbons (Fsp3) is 0.208. The van der Waals surface area contributed by atoms with Crippen LogP contribution < -0.4 is 4.31 Å². The summed E-state index contributed by atoms with van der Waals surface area (Å²) in [5.41, 5.74) is 1.76. The van der Waals surface area contributed by atoms with Crippen LogP contribution in [-0.4, -0.2) is 45.5 Å². The van der Waals surface area contributed by atoms with E-state index in [-0.39, 0.29) is 17.3 Å². The van der Waals surface area contributed by atoms with Crippen LogP contribution in [-0.2, 0) is 21.3 Å². The third kappa shape index (κ3) is 4.78. The molecule has 4 rings (SSSR count). The van der Waals surface area contributed by atoms with Crippen LogP contribution in [0, 0.1) is 0 Å². The zero-order valence-electron chi connectivity index (χ0n) is 17.1. The molecule has 0 bridgehead atoms. The zero-order chi connectivity index (χ0) is 21.7. The first kappa shape index (κ1) is 21.1. The topological polar surface area (TPSA) is 66.9 Å². The SMILES string of the molecule is O=C(c1cccc(N(Cc2ccccc2)S(=O)(=O)c2ccccc2)c1)N1CCOCC1. The lowest BCUT2D eigenvalue weighted by atomic mass is 10.1. The molecule has 0 radical (unpaired) electrons. The molecule has 0 N–H and O–H groups in total. The molecule has 7 heteroatoms. The Balaban J connectivity index is 1.72. The number of ether oxygens (including phenoxy) is 1. The van der Waals surface area contributed by atoms with E-state index in [9.17, 15) is 13.2 Å². The average molecular weight is 437 g/mol. The lowest BCUT2D eigenvalue weighted by molar-refractivity contribution is 0.0303. The Hall–Kier alpha value is -3.16. The van der Waals surface area contributed by atoms with Crippen molar-refractivity contribution in [2.45, 2.75) is 11.4 Å². The summed E-state index contributed by atoms with van der Waals surface area (Å²) in [4.78, 5) is 14.9. The van der Waals surface area contributed by atoms with Crippen LogP contribution in [0.5, 0.6) is 0 Å². The second-order valence-corrected chi connectivity index (χ2v) is 9.13. The number of morpholine rings is 1. The van der Waals surface area contributed by atoms with Gasteiger partial charge in [0, 0.05) is 18.7 Å². The fourth-order valence-corrected chi connectivity index (χ4v) is 4.99. The summed E-state index contributed by atoms with van der Waals surface area (Å²) in [6.07, 6.45) is 0. The first-order valence-electron chi connectivity index (χ1n) is 10.1. The Morgan fingerprint density at radius 1 is 0.871 bits per heavy atom. The van der Waals surface area contributed by atoms with Crippen LogP contribution in [0.4, 0.5) is 5.69 Å². The van der Waals surface area contributed by atoms with Gasteiger partial charge in [-0.2, -0.15) is 0 Å². The molecule has 1 saturated heterocycles. The van der Waals surface area contributed by atoms with E-state index in [0.29, 0.717) is 37.6 Å². The lowest BCUT2D eigenvalue weighted by Gasteiger charge is -2.28. The Morgan fingerprint density at radius 2 is 1.52 bits per heavy atom. The molecular formula is C24H24N2O4S. The summed E-state index contributed by atoms with van der Waals surface area (Å²) in [6.45, 7) is 2.23. The molecule has 0 aromatic heterocycles. The van der Waals surface area contributed by atoms with Crippen molar-refractivity contribution in [3.63, 3.8) is 0 Å². The highest BCUT2D eigenvalue weighted by Crippen LogP contribution is 2.27. The van der Waals surface area contributed by atoms with Crippen molar-refractivity contribution in [2.24, 2.45) is 0 Å². The van der Waals surface area contributed by atoms with E-state index in [2.05, 4.69) is 0 Å². The molecule has 0 saturated carbocycles. The molecule has 0 spiro atoms. The minimum atomic E-state index is -3.83. The van der Waals surface area contributed by atoms with E-state index in [0.717, 1.165) is 5.56 Å². The molecule has 0 unspecified atom stereocenters. The van der Waals surface area contributed by atoms with Gasteiger partial charge in [0.15, 0.2) is 0 Å². The maximum Gasteiger partial charge on any atom is 0.264 e. The standard InChI is InChI=1S/C24H24N2O4S/c27-24(25-14-16-30-17-15-25)21-10-7-11-22(18-21)26(19-20-8-3-1-4-9-20)31(28,29)23-12-5-2-6-13-23/h1-13,18H,14-17,19H2. The van der Waals surface area contributed by atoms with Gasteiger partial charge in [-0.15, -0.1) is 0 Å².